The number of aromatic amines is 2. The van der Waals surface area contributed by atoms with Crippen LogP contribution in [-0.4, -0.2) is 41.5 Å². The Balaban J connectivity index is 1.01. The molecule has 0 saturated heterocycles. The molecule has 0 amide bonds. The minimum absolute atomic E-state index is 0.210. The Hall–Kier alpha value is -9.60. The number of benzene rings is 6. The molecule has 9 nitrogen and oxygen atoms in total. The fourth-order valence-electron chi connectivity index (χ4n) is 9.92. The van der Waals surface area contributed by atoms with Crippen LogP contribution in [-0.2, 0) is 0 Å². The number of hydrogen-bond acceptors (Lipinski definition) is 7. The maximum absolute atomic E-state index is 13.7. The van der Waals surface area contributed by atoms with E-state index in [1.807, 2.05) is 66.7 Å². The Morgan fingerprint density at radius 3 is 1.20 bits per heavy atom. The molecule has 0 radical (unpaired) electrons. The molecule has 4 aromatic heterocycles. The van der Waals surface area contributed by atoms with Crippen molar-refractivity contribution in [1.82, 2.24) is 29.9 Å². The molecule has 0 atom stereocenters. The number of fused-ring (bicyclic) bond motifs is 11. The molecule has 10 aromatic rings. The number of rotatable bonds is 6. The van der Waals surface area contributed by atoms with E-state index in [-0.39, 0.29) is 17.4 Å². The molecule has 9 heteroatoms. The number of aromatic nitrogens is 6. The Morgan fingerprint density at radius 1 is 0.386 bits per heavy atom. The molecular weight excluding hydrogens is 865 g/mol. The van der Waals surface area contributed by atoms with E-state index in [0.29, 0.717) is 44.7 Å². The molecule has 0 saturated carbocycles. The first-order valence-electron chi connectivity index (χ1n) is 23.0. The SMILES string of the molecule is Cc1nc(Oc2ccc(-c3c4nc(c(-c5ccccc5)c5ccc([nH]5)c(-c5ccccc5)c5nc(c(-c6ccccc6)c6ccc3[nH]6)C=C5)C=C4)cc2)c2cc3c(cc2n1)C(=O)c1ccccc1C3=O. The molecule has 330 valence electrons. The Labute approximate surface area is 401 Å². The van der Waals surface area contributed by atoms with Crippen molar-refractivity contribution in [3.05, 3.63) is 227 Å². The molecule has 6 aromatic carbocycles. The van der Waals surface area contributed by atoms with Crippen LogP contribution in [0.25, 0.3) is 102 Å². The fourth-order valence-corrected chi connectivity index (χ4v) is 9.92. The second-order valence-electron chi connectivity index (χ2n) is 17.4. The van der Waals surface area contributed by atoms with Crippen LogP contribution in [0.4, 0.5) is 0 Å². The molecule has 6 heterocycles. The first-order chi connectivity index (χ1) is 34.4. The number of hydrogen-bond donors (Lipinski definition) is 2. The van der Waals surface area contributed by atoms with Crippen molar-refractivity contribution in [2.45, 2.75) is 6.92 Å². The molecule has 3 aliphatic rings. The lowest BCUT2D eigenvalue weighted by Crippen LogP contribution is -2.20. The normalized spacial score (nSPS) is 12.6. The first-order valence-corrected chi connectivity index (χ1v) is 23.0. The van der Waals surface area contributed by atoms with Crippen molar-refractivity contribution in [3.63, 3.8) is 0 Å². The van der Waals surface area contributed by atoms with Crippen molar-refractivity contribution >= 4 is 68.8 Å². The van der Waals surface area contributed by atoms with E-state index in [4.69, 9.17) is 14.7 Å². The highest BCUT2D eigenvalue weighted by Crippen LogP contribution is 2.40. The van der Waals surface area contributed by atoms with Gasteiger partial charge in [0.1, 0.15) is 11.6 Å². The summed E-state index contributed by atoms with van der Waals surface area (Å²) in [5.41, 5.74) is 16.6. The number of carbonyl (C=O) groups is 2. The summed E-state index contributed by atoms with van der Waals surface area (Å²) in [6, 6.07) is 57.7. The van der Waals surface area contributed by atoms with Crippen LogP contribution in [0.5, 0.6) is 11.6 Å². The summed E-state index contributed by atoms with van der Waals surface area (Å²) in [5.74, 6) is 0.838. The second kappa shape index (κ2) is 16.3. The molecule has 2 N–H and O–H groups in total. The number of H-pyrrole nitrogens is 2. The number of ketones is 2. The Bertz CT molecular complexity index is 4020. The van der Waals surface area contributed by atoms with E-state index in [2.05, 4.69) is 117 Å². The van der Waals surface area contributed by atoms with E-state index in [0.717, 1.165) is 89.4 Å². The van der Waals surface area contributed by atoms with Crippen LogP contribution in [0.2, 0.25) is 0 Å². The van der Waals surface area contributed by atoms with Crippen LogP contribution in [0.1, 0.15) is 60.4 Å². The maximum Gasteiger partial charge on any atom is 0.230 e. The van der Waals surface area contributed by atoms with Crippen LogP contribution in [0.3, 0.4) is 0 Å². The third-order valence-electron chi connectivity index (χ3n) is 13.1. The highest BCUT2D eigenvalue weighted by atomic mass is 16.5. The largest absolute Gasteiger partial charge is 0.438 e. The third kappa shape index (κ3) is 6.87. The minimum atomic E-state index is -0.225. The van der Waals surface area contributed by atoms with E-state index < -0.39 is 0 Å². The Kier molecular flexibility index (Phi) is 9.48. The molecule has 0 unspecified atom stereocenters. The van der Waals surface area contributed by atoms with E-state index in [1.165, 1.54) is 0 Å². The van der Waals surface area contributed by atoms with Gasteiger partial charge in [-0.25, -0.2) is 15.0 Å². The van der Waals surface area contributed by atoms with Gasteiger partial charge in [-0.05, 0) is 102 Å². The maximum atomic E-state index is 13.7. The summed E-state index contributed by atoms with van der Waals surface area (Å²) in [4.78, 5) is 55.1. The molecule has 8 bridgehead atoms. The highest BCUT2D eigenvalue weighted by molar-refractivity contribution is 6.29. The van der Waals surface area contributed by atoms with Gasteiger partial charge in [0.25, 0.3) is 0 Å². The molecule has 0 fully saturated rings. The topological polar surface area (TPSA) is 127 Å². The summed E-state index contributed by atoms with van der Waals surface area (Å²) in [6.45, 7) is 1.78. The molecule has 70 heavy (non-hydrogen) atoms. The second-order valence-corrected chi connectivity index (χ2v) is 17.4. The average molecular weight is 903 g/mol. The van der Waals surface area contributed by atoms with Crippen LogP contribution >= 0.6 is 0 Å². The van der Waals surface area contributed by atoms with Crippen molar-refractivity contribution < 1.29 is 14.3 Å². The number of nitrogens with one attached hydrogen (secondary N) is 2. The summed E-state index contributed by atoms with van der Waals surface area (Å²) >= 11 is 0. The number of nitrogens with zero attached hydrogens (tertiary/aromatic N) is 4. The zero-order valence-electron chi connectivity index (χ0n) is 37.6. The van der Waals surface area contributed by atoms with Gasteiger partial charge < -0.3 is 14.7 Å². The van der Waals surface area contributed by atoms with Gasteiger partial charge in [-0.1, -0.05) is 127 Å². The average Bonchev–Trinajstić information content (AvgIpc) is 4.26. The first kappa shape index (κ1) is 40.7. The van der Waals surface area contributed by atoms with Gasteiger partial charge in [-0.2, -0.15) is 4.98 Å². The standard InChI is InChI=1S/C61H38N6O3/c1-35-62-54-34-44-43(59(68)41-19-11-12-20-42(41)60(44)69)33-45(54)61(63-35)70-40-23-21-39(22-24-40)58-52-31-29-50(66-52)56(37-15-7-3-8-16-37)48-27-25-46(64-48)55(36-13-5-2-6-14-36)47-26-28-49(65-47)57(38-17-9-4-10-18-38)51-30-32-53(58)67-51/h2-34,64,67H,1H3. The lowest BCUT2D eigenvalue weighted by molar-refractivity contribution is 0.0979. The molecule has 0 spiro atoms. The molecule has 1 aliphatic carbocycles. The lowest BCUT2D eigenvalue weighted by Gasteiger charge is -2.18. The van der Waals surface area contributed by atoms with Gasteiger partial charge in [-0.3, -0.25) is 9.59 Å². The highest BCUT2D eigenvalue weighted by Gasteiger charge is 2.31. The van der Waals surface area contributed by atoms with E-state index >= 15 is 0 Å². The molecule has 2 aliphatic heterocycles. The fraction of sp³-hybridized carbons (Fsp3) is 0.0164. The smallest absolute Gasteiger partial charge is 0.230 e. The predicted molar refractivity (Wildman–Crippen MR) is 278 cm³/mol. The summed E-state index contributed by atoms with van der Waals surface area (Å²) < 4.78 is 6.54. The molecule has 13 rings (SSSR count). The minimum Gasteiger partial charge on any atom is -0.438 e. The summed E-state index contributed by atoms with van der Waals surface area (Å²) in [5, 5.41) is 0.527. The van der Waals surface area contributed by atoms with Gasteiger partial charge in [0.05, 0.1) is 33.7 Å². The number of carbonyl (C=O) groups excluding carboxylic acids is 2. The van der Waals surface area contributed by atoms with Gasteiger partial charge in [0.2, 0.25) is 5.88 Å². The van der Waals surface area contributed by atoms with Crippen molar-refractivity contribution in [1.29, 1.82) is 0 Å². The van der Waals surface area contributed by atoms with Crippen molar-refractivity contribution in [3.8, 4) is 56.1 Å². The van der Waals surface area contributed by atoms with E-state index in [1.54, 1.807) is 43.3 Å². The molecular formula is C61H38N6O3. The lowest BCUT2D eigenvalue weighted by atomic mass is 9.83. The number of aryl methyl sites for hydroxylation is 1. The van der Waals surface area contributed by atoms with Gasteiger partial charge in [0, 0.05) is 66.6 Å². The predicted octanol–water partition coefficient (Wildman–Crippen LogP) is 14.1. The third-order valence-corrected chi connectivity index (χ3v) is 13.1. The monoisotopic (exact) mass is 902 g/mol. The summed E-state index contributed by atoms with van der Waals surface area (Å²) in [7, 11) is 0. The van der Waals surface area contributed by atoms with Gasteiger partial charge in [-0.15, -0.1) is 0 Å². The van der Waals surface area contributed by atoms with Crippen molar-refractivity contribution in [2.75, 3.05) is 0 Å². The van der Waals surface area contributed by atoms with Crippen LogP contribution < -0.4 is 4.74 Å². The number of ether oxygens (including phenoxy) is 1. The van der Waals surface area contributed by atoms with Crippen LogP contribution in [0, 0.1) is 6.92 Å². The van der Waals surface area contributed by atoms with Crippen LogP contribution in [0.15, 0.2) is 176 Å². The van der Waals surface area contributed by atoms with Crippen molar-refractivity contribution in [2.24, 2.45) is 0 Å². The van der Waals surface area contributed by atoms with Gasteiger partial charge >= 0.3 is 0 Å². The summed E-state index contributed by atoms with van der Waals surface area (Å²) in [6.07, 6.45) is 8.38. The zero-order chi connectivity index (χ0) is 46.9. The quantitative estimate of drug-likeness (QED) is 0.170. The Morgan fingerprint density at radius 2 is 0.771 bits per heavy atom. The van der Waals surface area contributed by atoms with Gasteiger partial charge in [0.15, 0.2) is 11.6 Å². The zero-order valence-corrected chi connectivity index (χ0v) is 37.6. The van der Waals surface area contributed by atoms with E-state index in [9.17, 15) is 9.59 Å².